The van der Waals surface area contributed by atoms with E-state index in [1.807, 2.05) is 0 Å². The van der Waals surface area contributed by atoms with Crippen LogP contribution in [0.4, 0.5) is 0 Å². The maximum absolute atomic E-state index is 12.0. The number of nitrogens with zero attached hydrogens (tertiary/aromatic N) is 6. The average molecular weight is 333 g/mol. The summed E-state index contributed by atoms with van der Waals surface area (Å²) in [5, 5.41) is 12.7. The van der Waals surface area contributed by atoms with Crippen molar-refractivity contribution in [3.05, 3.63) is 52.2 Å². The minimum Gasteiger partial charge on any atom is -0.495 e. The summed E-state index contributed by atoms with van der Waals surface area (Å²) in [6, 6.07) is 4.72. The van der Waals surface area contributed by atoms with Crippen LogP contribution < -0.4 is 10.3 Å². The standard InChI is InChI=1S/C14H13ClN6O2/c1-9(20-4-3-11(15)6-13(20)22)21-18-14(17-19-21)10-5-12(23-2)8-16-7-10/h3-9H,1-2H3. The van der Waals surface area contributed by atoms with E-state index in [0.717, 1.165) is 0 Å². The number of methoxy groups -OCH3 is 1. The minimum atomic E-state index is -0.445. The van der Waals surface area contributed by atoms with Crippen LogP contribution in [0.2, 0.25) is 5.02 Å². The molecule has 0 aliphatic heterocycles. The van der Waals surface area contributed by atoms with Gasteiger partial charge in [-0.15, -0.1) is 15.0 Å². The molecule has 0 bridgehead atoms. The van der Waals surface area contributed by atoms with Crippen LogP contribution in [0.3, 0.4) is 0 Å². The zero-order valence-corrected chi connectivity index (χ0v) is 13.2. The monoisotopic (exact) mass is 332 g/mol. The van der Waals surface area contributed by atoms with E-state index in [9.17, 15) is 4.79 Å². The summed E-state index contributed by atoms with van der Waals surface area (Å²) in [6.45, 7) is 1.78. The van der Waals surface area contributed by atoms with Gasteiger partial charge in [0, 0.05) is 29.0 Å². The van der Waals surface area contributed by atoms with Crippen LogP contribution >= 0.6 is 11.6 Å². The number of hydrogen-bond donors (Lipinski definition) is 0. The third-order valence-corrected chi connectivity index (χ3v) is 3.52. The lowest BCUT2D eigenvalue weighted by Crippen LogP contribution is -2.27. The largest absolute Gasteiger partial charge is 0.495 e. The highest BCUT2D eigenvalue weighted by Gasteiger charge is 2.14. The van der Waals surface area contributed by atoms with Gasteiger partial charge < -0.3 is 4.74 Å². The normalized spacial score (nSPS) is 12.1. The summed E-state index contributed by atoms with van der Waals surface area (Å²) in [6.07, 6.45) is 4.35. The zero-order chi connectivity index (χ0) is 16.4. The van der Waals surface area contributed by atoms with Crippen LogP contribution in [0.1, 0.15) is 13.1 Å². The van der Waals surface area contributed by atoms with Crippen molar-refractivity contribution in [3.8, 4) is 17.1 Å². The first kappa shape index (κ1) is 15.2. The molecular formula is C14H13ClN6O2. The molecule has 0 aliphatic rings. The predicted molar refractivity (Wildman–Crippen MR) is 83.4 cm³/mol. The summed E-state index contributed by atoms with van der Waals surface area (Å²) in [4.78, 5) is 17.4. The van der Waals surface area contributed by atoms with Crippen LogP contribution in [0.15, 0.2) is 41.6 Å². The summed E-state index contributed by atoms with van der Waals surface area (Å²) < 4.78 is 6.58. The smallest absolute Gasteiger partial charge is 0.253 e. The Hall–Kier alpha value is -2.74. The molecule has 0 spiro atoms. The summed E-state index contributed by atoms with van der Waals surface area (Å²) in [5.74, 6) is 0.992. The first-order valence-corrected chi connectivity index (χ1v) is 7.13. The molecule has 0 amide bonds. The second kappa shape index (κ2) is 6.17. The molecule has 0 fully saturated rings. The van der Waals surface area contributed by atoms with Gasteiger partial charge in [-0.2, -0.15) is 0 Å². The van der Waals surface area contributed by atoms with Crippen LogP contribution in [-0.2, 0) is 0 Å². The number of halogens is 1. The number of tetrazole rings is 1. The molecule has 0 saturated heterocycles. The fourth-order valence-electron chi connectivity index (χ4n) is 2.04. The molecule has 0 saturated carbocycles. The van der Waals surface area contributed by atoms with Gasteiger partial charge in [-0.3, -0.25) is 14.3 Å². The summed E-state index contributed by atoms with van der Waals surface area (Å²) >= 11 is 5.80. The van der Waals surface area contributed by atoms with Crippen molar-refractivity contribution in [3.63, 3.8) is 0 Å². The topological polar surface area (TPSA) is 87.7 Å². The molecule has 118 valence electrons. The molecule has 0 radical (unpaired) electrons. The maximum atomic E-state index is 12.0. The van der Waals surface area contributed by atoms with Gasteiger partial charge in [-0.25, -0.2) is 0 Å². The Morgan fingerprint density at radius 1 is 1.30 bits per heavy atom. The Morgan fingerprint density at radius 3 is 2.87 bits per heavy atom. The van der Waals surface area contributed by atoms with Crippen molar-refractivity contribution in [2.45, 2.75) is 13.1 Å². The lowest BCUT2D eigenvalue weighted by atomic mass is 10.3. The maximum Gasteiger partial charge on any atom is 0.253 e. The molecule has 0 N–H and O–H groups in total. The molecule has 3 rings (SSSR count). The molecule has 0 aliphatic carbocycles. The molecular weight excluding hydrogens is 320 g/mol. The van der Waals surface area contributed by atoms with Crippen molar-refractivity contribution < 1.29 is 4.74 Å². The molecule has 3 aromatic heterocycles. The van der Waals surface area contributed by atoms with Gasteiger partial charge in [-0.05, 0) is 24.3 Å². The van der Waals surface area contributed by atoms with Gasteiger partial charge in [0.25, 0.3) is 5.56 Å². The fourth-order valence-corrected chi connectivity index (χ4v) is 2.19. The number of aromatic nitrogens is 6. The first-order chi connectivity index (χ1) is 11.1. The van der Waals surface area contributed by atoms with Crippen molar-refractivity contribution in [2.75, 3.05) is 7.11 Å². The molecule has 8 nitrogen and oxygen atoms in total. The van der Waals surface area contributed by atoms with E-state index in [1.54, 1.807) is 44.8 Å². The Bertz CT molecular complexity index is 891. The molecule has 9 heteroatoms. The summed E-state index contributed by atoms with van der Waals surface area (Å²) in [7, 11) is 1.56. The van der Waals surface area contributed by atoms with Crippen molar-refractivity contribution in [1.29, 1.82) is 0 Å². The first-order valence-electron chi connectivity index (χ1n) is 6.75. The predicted octanol–water partition coefficient (Wildman–Crippen LogP) is 1.63. The van der Waals surface area contributed by atoms with E-state index in [4.69, 9.17) is 16.3 Å². The van der Waals surface area contributed by atoms with Gasteiger partial charge >= 0.3 is 0 Å². The van der Waals surface area contributed by atoms with Gasteiger partial charge in [0.15, 0.2) is 0 Å². The zero-order valence-electron chi connectivity index (χ0n) is 12.4. The van der Waals surface area contributed by atoms with Crippen LogP contribution in [0, 0.1) is 0 Å². The van der Waals surface area contributed by atoms with Crippen molar-refractivity contribution in [2.24, 2.45) is 0 Å². The summed E-state index contributed by atoms with van der Waals surface area (Å²) in [5.41, 5.74) is 0.429. The van der Waals surface area contributed by atoms with Crippen molar-refractivity contribution >= 4 is 11.6 Å². The number of hydrogen-bond acceptors (Lipinski definition) is 6. The van der Waals surface area contributed by atoms with E-state index in [-0.39, 0.29) is 5.56 Å². The lowest BCUT2D eigenvalue weighted by Gasteiger charge is -2.12. The van der Waals surface area contributed by atoms with Crippen LogP contribution in [-0.4, -0.2) is 36.9 Å². The van der Waals surface area contributed by atoms with Crippen LogP contribution in [0.25, 0.3) is 11.4 Å². The molecule has 1 atom stereocenters. The molecule has 0 aromatic carbocycles. The van der Waals surface area contributed by atoms with Gasteiger partial charge in [0.05, 0.1) is 13.3 Å². The van der Waals surface area contributed by atoms with E-state index in [2.05, 4.69) is 20.4 Å². The second-order valence-corrected chi connectivity index (χ2v) is 5.21. The van der Waals surface area contributed by atoms with E-state index < -0.39 is 6.17 Å². The SMILES string of the molecule is COc1cncc(-c2nnn(C(C)n3ccc(Cl)cc3=O)n2)c1. The highest BCUT2D eigenvalue weighted by Crippen LogP contribution is 2.19. The molecule has 1 unspecified atom stereocenters. The minimum absolute atomic E-state index is 0.244. The Labute approximate surface area is 136 Å². The lowest BCUT2D eigenvalue weighted by molar-refractivity contribution is 0.365. The Kier molecular flexibility index (Phi) is 4.07. The third kappa shape index (κ3) is 3.07. The van der Waals surface area contributed by atoms with E-state index in [0.29, 0.717) is 22.2 Å². The van der Waals surface area contributed by atoms with E-state index >= 15 is 0 Å². The molecule has 3 aromatic rings. The van der Waals surface area contributed by atoms with E-state index in [1.165, 1.54) is 15.4 Å². The Morgan fingerprint density at radius 2 is 2.13 bits per heavy atom. The third-order valence-electron chi connectivity index (χ3n) is 3.28. The number of pyridine rings is 2. The van der Waals surface area contributed by atoms with Gasteiger partial charge in [-0.1, -0.05) is 11.6 Å². The highest BCUT2D eigenvalue weighted by molar-refractivity contribution is 6.30. The van der Waals surface area contributed by atoms with Crippen LogP contribution in [0.5, 0.6) is 5.75 Å². The number of ether oxygens (including phenoxy) is 1. The van der Waals surface area contributed by atoms with Gasteiger partial charge in [0.1, 0.15) is 11.9 Å². The quantitative estimate of drug-likeness (QED) is 0.721. The fraction of sp³-hybridized carbons (Fsp3) is 0.214. The highest BCUT2D eigenvalue weighted by atomic mass is 35.5. The second-order valence-electron chi connectivity index (χ2n) is 4.77. The molecule has 3 heterocycles. The van der Waals surface area contributed by atoms with Gasteiger partial charge in [0.2, 0.25) is 5.82 Å². The molecule has 23 heavy (non-hydrogen) atoms. The Balaban J connectivity index is 1.93. The number of rotatable bonds is 4. The van der Waals surface area contributed by atoms with Crippen molar-refractivity contribution in [1.82, 2.24) is 29.8 Å². The average Bonchev–Trinajstić information content (AvgIpc) is 3.04.